The largest absolute Gasteiger partial charge is 0.355 e. The van der Waals surface area contributed by atoms with Crippen molar-refractivity contribution >= 4 is 29.1 Å². The van der Waals surface area contributed by atoms with Crippen LogP contribution < -0.4 is 16.0 Å². The maximum absolute atomic E-state index is 12.8. The molecular formula is C17H20ClN5O2. The molecule has 0 unspecified atom stereocenters. The highest BCUT2D eigenvalue weighted by Crippen LogP contribution is 2.29. The van der Waals surface area contributed by atoms with Crippen molar-refractivity contribution in [3.05, 3.63) is 46.7 Å². The molecule has 1 aliphatic heterocycles. The summed E-state index contributed by atoms with van der Waals surface area (Å²) in [5.74, 6) is -0.626. The molecule has 0 aliphatic carbocycles. The number of nitrogens with one attached hydrogen (secondary N) is 3. The van der Waals surface area contributed by atoms with Crippen LogP contribution in [0, 0.1) is 5.92 Å². The number of aromatic nitrogens is 2. The summed E-state index contributed by atoms with van der Waals surface area (Å²) in [5.41, 5.74) is 1.81. The molecule has 2 aromatic rings. The molecule has 2 heterocycles. The number of aryl methyl sites for hydroxylation is 1. The van der Waals surface area contributed by atoms with Crippen LogP contribution in [0.15, 0.2) is 30.6 Å². The van der Waals surface area contributed by atoms with Crippen LogP contribution in [0.25, 0.3) is 0 Å². The highest BCUT2D eigenvalue weighted by atomic mass is 35.5. The molecule has 25 heavy (non-hydrogen) atoms. The number of hydrogen-bond donors (Lipinski definition) is 3. The molecule has 3 rings (SSSR count). The Labute approximate surface area is 150 Å². The lowest BCUT2D eigenvalue weighted by molar-refractivity contribution is -0.119. The molecule has 7 nitrogen and oxygen atoms in total. The number of amides is 2. The van der Waals surface area contributed by atoms with Gasteiger partial charge < -0.3 is 16.0 Å². The van der Waals surface area contributed by atoms with E-state index >= 15 is 0 Å². The molecule has 0 saturated carbocycles. The highest BCUT2D eigenvalue weighted by molar-refractivity contribution is 6.31. The number of halogens is 1. The van der Waals surface area contributed by atoms with Gasteiger partial charge in [0, 0.05) is 44.3 Å². The lowest BCUT2D eigenvalue weighted by atomic mass is 9.90. The molecule has 3 N–H and O–H groups in total. The highest BCUT2D eigenvalue weighted by Gasteiger charge is 2.35. The molecule has 0 radical (unpaired) electrons. The predicted molar refractivity (Wildman–Crippen MR) is 95.8 cm³/mol. The summed E-state index contributed by atoms with van der Waals surface area (Å²) in [4.78, 5) is 24.8. The van der Waals surface area contributed by atoms with Crippen LogP contribution in [0.2, 0.25) is 5.02 Å². The average Bonchev–Trinajstić information content (AvgIpc) is 3.24. The topological polar surface area (TPSA) is 88.1 Å². The zero-order valence-electron chi connectivity index (χ0n) is 14.0. The molecule has 0 spiro atoms. The average molecular weight is 362 g/mol. The van der Waals surface area contributed by atoms with Gasteiger partial charge in [-0.05, 0) is 23.8 Å². The summed E-state index contributed by atoms with van der Waals surface area (Å²) in [5, 5.41) is 13.3. The van der Waals surface area contributed by atoms with E-state index in [-0.39, 0.29) is 23.7 Å². The van der Waals surface area contributed by atoms with Crippen molar-refractivity contribution in [2.45, 2.75) is 5.92 Å². The van der Waals surface area contributed by atoms with Gasteiger partial charge in [-0.3, -0.25) is 14.3 Å². The third-order valence-electron chi connectivity index (χ3n) is 4.42. The van der Waals surface area contributed by atoms with E-state index in [2.05, 4.69) is 21.0 Å². The van der Waals surface area contributed by atoms with Gasteiger partial charge in [0.1, 0.15) is 0 Å². The fraction of sp³-hybridized carbons (Fsp3) is 0.353. The first-order chi connectivity index (χ1) is 12.0. The second-order valence-electron chi connectivity index (χ2n) is 6.08. The van der Waals surface area contributed by atoms with Crippen LogP contribution in [-0.2, 0) is 11.8 Å². The third kappa shape index (κ3) is 3.67. The Bertz CT molecular complexity index is 804. The maximum atomic E-state index is 12.8. The molecule has 132 valence electrons. The summed E-state index contributed by atoms with van der Waals surface area (Å²) in [6.07, 6.45) is 3.71. The molecular weight excluding hydrogens is 342 g/mol. The Kier molecular flexibility index (Phi) is 5.06. The van der Waals surface area contributed by atoms with Crippen LogP contribution in [-0.4, -0.2) is 41.7 Å². The van der Waals surface area contributed by atoms with E-state index in [1.807, 2.05) is 13.2 Å². The molecule has 1 aromatic heterocycles. The molecule has 2 amide bonds. The van der Waals surface area contributed by atoms with E-state index in [9.17, 15) is 9.59 Å². The van der Waals surface area contributed by atoms with Crippen LogP contribution in [0.5, 0.6) is 0 Å². The third-order valence-corrected chi connectivity index (χ3v) is 4.65. The summed E-state index contributed by atoms with van der Waals surface area (Å²) >= 11 is 5.98. The summed E-state index contributed by atoms with van der Waals surface area (Å²) in [6, 6.07) is 4.84. The molecule has 1 aliphatic rings. The standard InChI is InChI=1S/C17H20ClN5O2/c1-19-16(24)12-5-11(18)3-4-15(12)22-17(25)14-8-20-7-13(14)10-6-21-23(2)9-10/h3-6,9,13-14,20H,7-8H2,1-2H3,(H,19,24)(H,22,25)/t13-,14+/m1/s1. The monoisotopic (exact) mass is 361 g/mol. The van der Waals surface area contributed by atoms with Gasteiger partial charge in [0.15, 0.2) is 0 Å². The number of hydrogen-bond acceptors (Lipinski definition) is 4. The minimum atomic E-state index is -0.300. The van der Waals surface area contributed by atoms with Crippen LogP contribution in [0.1, 0.15) is 21.8 Å². The zero-order chi connectivity index (χ0) is 18.0. The fourth-order valence-electron chi connectivity index (χ4n) is 3.11. The molecule has 2 atom stereocenters. The molecule has 8 heteroatoms. The van der Waals surface area contributed by atoms with Crippen molar-refractivity contribution in [2.75, 3.05) is 25.5 Å². The SMILES string of the molecule is CNC(=O)c1cc(Cl)ccc1NC(=O)[C@H]1CNC[C@@H]1c1cnn(C)c1. The number of rotatable bonds is 4. The van der Waals surface area contributed by atoms with Gasteiger partial charge in [-0.2, -0.15) is 5.10 Å². The van der Waals surface area contributed by atoms with E-state index in [0.717, 1.165) is 5.56 Å². The lowest BCUT2D eigenvalue weighted by Gasteiger charge is -2.18. The van der Waals surface area contributed by atoms with Crippen LogP contribution in [0.4, 0.5) is 5.69 Å². The Balaban J connectivity index is 1.81. The zero-order valence-corrected chi connectivity index (χ0v) is 14.8. The summed E-state index contributed by atoms with van der Waals surface area (Å²) < 4.78 is 1.73. The quantitative estimate of drug-likeness (QED) is 0.767. The molecule has 1 aromatic carbocycles. The van der Waals surface area contributed by atoms with Crippen LogP contribution >= 0.6 is 11.6 Å². The minimum absolute atomic E-state index is 0.0458. The van der Waals surface area contributed by atoms with Gasteiger partial charge >= 0.3 is 0 Å². The second kappa shape index (κ2) is 7.25. The summed E-state index contributed by atoms with van der Waals surface area (Å²) in [6.45, 7) is 1.29. The normalized spacial score (nSPS) is 19.6. The molecule has 1 fully saturated rings. The number of anilines is 1. The van der Waals surface area contributed by atoms with Crippen LogP contribution in [0.3, 0.4) is 0 Å². The van der Waals surface area contributed by atoms with Crippen molar-refractivity contribution in [2.24, 2.45) is 13.0 Å². The number of carbonyl (C=O) groups is 2. The predicted octanol–water partition coefficient (Wildman–Crippen LogP) is 1.37. The Morgan fingerprint density at radius 2 is 2.16 bits per heavy atom. The smallest absolute Gasteiger partial charge is 0.253 e. The van der Waals surface area contributed by atoms with Crippen molar-refractivity contribution in [3.63, 3.8) is 0 Å². The second-order valence-corrected chi connectivity index (χ2v) is 6.51. The number of nitrogens with zero attached hydrogens (tertiary/aromatic N) is 2. The maximum Gasteiger partial charge on any atom is 0.253 e. The fourth-order valence-corrected chi connectivity index (χ4v) is 3.28. The van der Waals surface area contributed by atoms with Crippen molar-refractivity contribution in [1.82, 2.24) is 20.4 Å². The van der Waals surface area contributed by atoms with Gasteiger partial charge in [0.25, 0.3) is 5.91 Å². The lowest BCUT2D eigenvalue weighted by Crippen LogP contribution is -2.29. The van der Waals surface area contributed by atoms with Gasteiger partial charge in [-0.1, -0.05) is 11.6 Å². The van der Waals surface area contributed by atoms with Gasteiger partial charge in [0.05, 0.1) is 23.4 Å². The number of carbonyl (C=O) groups excluding carboxylic acids is 2. The van der Waals surface area contributed by atoms with Gasteiger partial charge in [-0.25, -0.2) is 0 Å². The number of benzene rings is 1. The Morgan fingerprint density at radius 3 is 2.84 bits per heavy atom. The first-order valence-corrected chi connectivity index (χ1v) is 8.39. The Hall–Kier alpha value is -2.38. The summed E-state index contributed by atoms with van der Waals surface area (Å²) in [7, 11) is 3.39. The van der Waals surface area contributed by atoms with Crippen molar-refractivity contribution in [3.8, 4) is 0 Å². The first-order valence-electron chi connectivity index (χ1n) is 8.01. The van der Waals surface area contributed by atoms with Gasteiger partial charge in [0.2, 0.25) is 5.91 Å². The van der Waals surface area contributed by atoms with E-state index < -0.39 is 0 Å². The minimum Gasteiger partial charge on any atom is -0.355 e. The molecule has 0 bridgehead atoms. The van der Waals surface area contributed by atoms with E-state index in [0.29, 0.717) is 29.4 Å². The van der Waals surface area contributed by atoms with E-state index in [1.54, 1.807) is 29.1 Å². The van der Waals surface area contributed by atoms with Crippen molar-refractivity contribution in [1.29, 1.82) is 0 Å². The van der Waals surface area contributed by atoms with E-state index in [4.69, 9.17) is 11.6 Å². The van der Waals surface area contributed by atoms with Crippen molar-refractivity contribution < 1.29 is 9.59 Å². The Morgan fingerprint density at radius 1 is 1.36 bits per heavy atom. The first kappa shape index (κ1) is 17.4. The van der Waals surface area contributed by atoms with Gasteiger partial charge in [-0.15, -0.1) is 0 Å². The van der Waals surface area contributed by atoms with E-state index in [1.165, 1.54) is 7.05 Å². The molecule has 1 saturated heterocycles.